The molecule has 2 aliphatic heterocycles. The number of aromatic hydroxyl groups is 1. The minimum atomic E-state index is -0.636. The van der Waals surface area contributed by atoms with E-state index < -0.39 is 11.2 Å². The molecule has 4 aliphatic rings. The van der Waals surface area contributed by atoms with Crippen LogP contribution in [0.1, 0.15) is 49.1 Å². The highest BCUT2D eigenvalue weighted by Gasteiger charge is 2.78. The molecule has 5 nitrogen and oxygen atoms in total. The largest absolute Gasteiger partial charge is 0.504 e. The molecule has 0 radical (unpaired) electrons. The van der Waals surface area contributed by atoms with Crippen LogP contribution in [0.25, 0.3) is 10.9 Å². The Balaban J connectivity index is 1.63. The van der Waals surface area contributed by atoms with E-state index in [1.165, 1.54) is 22.1 Å². The molecule has 2 aromatic carbocycles. The van der Waals surface area contributed by atoms with Crippen LogP contribution in [0.5, 0.6) is 11.5 Å². The van der Waals surface area contributed by atoms with E-state index in [9.17, 15) is 5.11 Å². The van der Waals surface area contributed by atoms with Crippen molar-refractivity contribution in [3.05, 3.63) is 58.8 Å². The van der Waals surface area contributed by atoms with Gasteiger partial charge in [0.25, 0.3) is 0 Å². The highest BCUT2D eigenvalue weighted by Crippen LogP contribution is 2.71. The number of fused-ring (bicyclic) bond motifs is 4. The third kappa shape index (κ3) is 1.84. The molecule has 0 amide bonds. The number of hydrogen-bond donors (Lipinski definition) is 2. The van der Waals surface area contributed by atoms with Crippen molar-refractivity contribution >= 4 is 10.9 Å². The number of aromatic nitrogens is 1. The van der Waals surface area contributed by atoms with Crippen molar-refractivity contribution < 1.29 is 14.6 Å². The number of para-hydroxylation sites is 1. The topological polar surface area (TPSA) is 57.7 Å². The van der Waals surface area contributed by atoms with E-state index in [-0.39, 0.29) is 17.2 Å². The third-order valence-corrected chi connectivity index (χ3v) is 9.11. The summed E-state index contributed by atoms with van der Waals surface area (Å²) in [5, 5.41) is 12.2. The van der Waals surface area contributed by atoms with Crippen LogP contribution >= 0.6 is 0 Å². The summed E-state index contributed by atoms with van der Waals surface area (Å²) in [6.07, 6.45) is 3.70. The van der Waals surface area contributed by atoms with Crippen molar-refractivity contribution in [2.24, 2.45) is 0 Å². The lowest BCUT2D eigenvalue weighted by Gasteiger charge is -2.66. The first-order valence-electron chi connectivity index (χ1n) is 12.0. The minimum Gasteiger partial charge on any atom is -0.504 e. The first-order valence-corrected chi connectivity index (χ1v) is 12.0. The van der Waals surface area contributed by atoms with Gasteiger partial charge in [0.05, 0.1) is 11.1 Å². The van der Waals surface area contributed by atoms with Gasteiger partial charge in [-0.3, -0.25) is 0 Å². The number of piperidine rings is 1. The molecule has 3 heterocycles. The number of nitrogens with one attached hydrogen (secondary N) is 1. The number of likely N-dealkylation sites (N-methyl/N-ethyl adjacent to an activating group) is 1. The molecule has 0 saturated carbocycles. The van der Waals surface area contributed by atoms with Crippen LogP contribution in [0.2, 0.25) is 0 Å². The number of likely N-dealkylation sites (tertiary alicyclic amines) is 1. The van der Waals surface area contributed by atoms with Gasteiger partial charge < -0.3 is 24.5 Å². The molecule has 1 aromatic heterocycles. The summed E-state index contributed by atoms with van der Waals surface area (Å²) in [5.41, 5.74) is 4.72. The van der Waals surface area contributed by atoms with Crippen LogP contribution < -0.4 is 4.74 Å². The lowest BCUT2D eigenvalue weighted by molar-refractivity contribution is -0.222. The fourth-order valence-electron chi connectivity index (χ4n) is 7.88. The number of phenols is 1. The molecular weight excluding hydrogens is 400 g/mol. The van der Waals surface area contributed by atoms with Gasteiger partial charge in [-0.1, -0.05) is 31.2 Å². The fourth-order valence-corrected chi connectivity index (χ4v) is 7.88. The first kappa shape index (κ1) is 19.0. The maximum Gasteiger partial charge on any atom is 0.166 e. The maximum absolute atomic E-state index is 10.9. The number of ether oxygens (including phenoxy) is 2. The molecule has 3 aromatic rings. The van der Waals surface area contributed by atoms with Gasteiger partial charge in [-0.15, -0.1) is 0 Å². The van der Waals surface area contributed by atoms with Crippen LogP contribution in [-0.2, 0) is 28.6 Å². The number of aromatic amines is 1. The summed E-state index contributed by atoms with van der Waals surface area (Å²) in [6.45, 7) is 6.14. The van der Waals surface area contributed by atoms with Crippen molar-refractivity contribution in [1.82, 2.24) is 9.88 Å². The van der Waals surface area contributed by atoms with Gasteiger partial charge in [-0.2, -0.15) is 0 Å². The Bertz CT molecular complexity index is 1280. The van der Waals surface area contributed by atoms with Gasteiger partial charge >= 0.3 is 0 Å². The second-order valence-electron chi connectivity index (χ2n) is 10.4. The molecule has 1 fully saturated rings. The van der Waals surface area contributed by atoms with Gasteiger partial charge in [0, 0.05) is 35.5 Å². The molecule has 1 saturated heterocycles. The Kier molecular flexibility index (Phi) is 3.50. The summed E-state index contributed by atoms with van der Waals surface area (Å²) in [6, 6.07) is 12.8. The number of nitrogens with zero attached hydrogens (tertiary/aromatic N) is 1. The minimum absolute atomic E-state index is 0.244. The average Bonchev–Trinajstić information content (AvgIpc) is 3.29. The lowest BCUT2D eigenvalue weighted by Crippen LogP contribution is -2.78. The molecule has 5 heteroatoms. The molecule has 2 N–H and O–H groups in total. The van der Waals surface area contributed by atoms with Gasteiger partial charge in [-0.25, -0.2) is 0 Å². The van der Waals surface area contributed by atoms with Crippen molar-refractivity contribution in [3.8, 4) is 11.5 Å². The summed E-state index contributed by atoms with van der Waals surface area (Å²) >= 11 is 0. The summed E-state index contributed by atoms with van der Waals surface area (Å²) in [4.78, 5) is 6.26. The van der Waals surface area contributed by atoms with E-state index in [0.717, 1.165) is 50.0 Å². The van der Waals surface area contributed by atoms with Crippen molar-refractivity contribution in [2.45, 2.75) is 62.2 Å². The zero-order valence-corrected chi connectivity index (χ0v) is 19.0. The van der Waals surface area contributed by atoms with Crippen LogP contribution in [-0.4, -0.2) is 46.8 Å². The Morgan fingerprint density at radius 3 is 2.94 bits per heavy atom. The number of phenolic OH excluding ortho intramolecular Hbond substituents is 1. The van der Waals surface area contributed by atoms with Gasteiger partial charge in [-0.05, 0) is 63.0 Å². The predicted octanol–water partition coefficient (Wildman–Crippen LogP) is 4.40. The lowest BCUT2D eigenvalue weighted by atomic mass is 9.45. The van der Waals surface area contributed by atoms with Crippen LogP contribution in [0, 0.1) is 0 Å². The second kappa shape index (κ2) is 5.89. The third-order valence-electron chi connectivity index (χ3n) is 9.11. The van der Waals surface area contributed by atoms with Crippen molar-refractivity contribution in [3.63, 3.8) is 0 Å². The Labute approximate surface area is 188 Å². The van der Waals surface area contributed by atoms with Gasteiger partial charge in [0.1, 0.15) is 5.60 Å². The van der Waals surface area contributed by atoms with E-state index in [4.69, 9.17) is 9.47 Å². The molecule has 7 rings (SSSR count). The molecule has 1 spiro atoms. The number of hydrogen-bond acceptors (Lipinski definition) is 4. The molecule has 1 unspecified atom stereocenters. The van der Waals surface area contributed by atoms with E-state index >= 15 is 0 Å². The normalized spacial score (nSPS) is 34.3. The van der Waals surface area contributed by atoms with E-state index in [1.54, 1.807) is 0 Å². The zero-order chi connectivity index (χ0) is 21.9. The Morgan fingerprint density at radius 1 is 1.25 bits per heavy atom. The van der Waals surface area contributed by atoms with Crippen LogP contribution in [0.3, 0.4) is 0 Å². The smallest absolute Gasteiger partial charge is 0.166 e. The molecule has 4 atom stereocenters. The van der Waals surface area contributed by atoms with Gasteiger partial charge in [0.2, 0.25) is 0 Å². The van der Waals surface area contributed by atoms with E-state index in [0.29, 0.717) is 5.75 Å². The average molecular weight is 431 g/mol. The summed E-state index contributed by atoms with van der Waals surface area (Å²) in [7, 11) is 2.25. The number of H-pyrrole nitrogens is 1. The molecule has 166 valence electrons. The van der Waals surface area contributed by atoms with Crippen molar-refractivity contribution in [2.75, 3.05) is 20.2 Å². The molecular formula is C27H30N2O3. The van der Waals surface area contributed by atoms with E-state index in [1.807, 2.05) is 6.07 Å². The standard InChI is InChI=1S/C27H30N2O3/c1-4-13-31-27-15-18-17-7-5-6-8-19(17)28-24(18)25(2)26(27)11-12-29(3)21(27)14-16-9-10-20(30)23(32-25)22(16)26/h5-10,21,28,30H,4,11-15H2,1-3H3/t21?,25-,26-,27+/m0/s1. The highest BCUT2D eigenvalue weighted by atomic mass is 16.5. The Hall–Kier alpha value is -2.50. The summed E-state index contributed by atoms with van der Waals surface area (Å²) in [5.74, 6) is 0.914. The highest BCUT2D eigenvalue weighted by molar-refractivity contribution is 5.86. The molecule has 32 heavy (non-hydrogen) atoms. The number of benzene rings is 2. The quantitative estimate of drug-likeness (QED) is 0.647. The van der Waals surface area contributed by atoms with Crippen LogP contribution in [0.15, 0.2) is 36.4 Å². The predicted molar refractivity (Wildman–Crippen MR) is 123 cm³/mol. The summed E-state index contributed by atoms with van der Waals surface area (Å²) < 4.78 is 14.0. The fraction of sp³-hybridized carbons (Fsp3) is 0.481. The van der Waals surface area contributed by atoms with Gasteiger partial charge in [0.15, 0.2) is 17.1 Å². The molecule has 2 aliphatic carbocycles. The van der Waals surface area contributed by atoms with E-state index in [2.05, 4.69) is 61.1 Å². The van der Waals surface area contributed by atoms with Crippen LogP contribution in [0.4, 0.5) is 0 Å². The SMILES string of the molecule is CCCO[C@@]12Cc3c([nH]c4ccccc34)[C@]3(C)Oc4c(O)ccc5c4[C@@]31CCN(C)C2C5. The van der Waals surface area contributed by atoms with Crippen molar-refractivity contribution in [1.29, 1.82) is 0 Å². The first-order chi connectivity index (χ1) is 15.5. The molecule has 2 bridgehead atoms. The monoisotopic (exact) mass is 430 g/mol. The Morgan fingerprint density at radius 2 is 2.09 bits per heavy atom. The maximum atomic E-state index is 10.9. The number of rotatable bonds is 3. The second-order valence-corrected chi connectivity index (χ2v) is 10.4. The zero-order valence-electron chi connectivity index (χ0n) is 19.0.